The minimum absolute atomic E-state index is 0.111. The molecule has 0 bridgehead atoms. The number of fused-ring (bicyclic) bond motifs is 1. The van der Waals surface area contributed by atoms with Crippen molar-refractivity contribution in [3.63, 3.8) is 0 Å². The number of aryl methyl sites for hydroxylation is 2. The normalized spacial score (nSPS) is 13.8. The number of rotatable bonds is 6. The van der Waals surface area contributed by atoms with E-state index < -0.39 is 27.8 Å². The molecule has 0 fully saturated rings. The molecule has 0 saturated carbocycles. The van der Waals surface area contributed by atoms with E-state index in [0.29, 0.717) is 28.0 Å². The van der Waals surface area contributed by atoms with Crippen LogP contribution < -0.4 is 15.5 Å². The molecule has 1 aliphatic heterocycles. The summed E-state index contributed by atoms with van der Waals surface area (Å²) in [4.78, 5) is 39.9. The second-order valence-corrected chi connectivity index (χ2v) is 11.0. The highest BCUT2D eigenvalue weighted by molar-refractivity contribution is 7.86. The van der Waals surface area contributed by atoms with Crippen molar-refractivity contribution in [2.45, 2.75) is 18.7 Å². The number of imide groups is 1. The van der Waals surface area contributed by atoms with Gasteiger partial charge in [-0.2, -0.15) is 8.42 Å². The van der Waals surface area contributed by atoms with Crippen LogP contribution in [0.2, 0.25) is 0 Å². The smallest absolute Gasteiger partial charge is 0.295 e. The van der Waals surface area contributed by atoms with E-state index in [9.17, 15) is 27.4 Å². The zero-order valence-corrected chi connectivity index (χ0v) is 22.8. The first-order valence-electron chi connectivity index (χ1n) is 12.0. The molecule has 0 saturated heterocycles. The first-order valence-corrected chi connectivity index (χ1v) is 13.8. The van der Waals surface area contributed by atoms with Gasteiger partial charge in [-0.25, -0.2) is 4.90 Å². The van der Waals surface area contributed by atoms with Gasteiger partial charge in [-0.05, 0) is 55.8 Å². The lowest BCUT2D eigenvalue weighted by Gasteiger charge is -2.16. The quantitative estimate of drug-likeness (QED) is 0.207. The number of carbonyl (C=O) groups excluding carboxylic acids is 3. The molecule has 0 atom stereocenters. The van der Waals surface area contributed by atoms with Crippen molar-refractivity contribution >= 4 is 67.3 Å². The third-order valence-electron chi connectivity index (χ3n) is 6.49. The summed E-state index contributed by atoms with van der Waals surface area (Å²) in [5.74, 6) is -1.80. The van der Waals surface area contributed by atoms with E-state index >= 15 is 0 Å². The number of amides is 3. The summed E-state index contributed by atoms with van der Waals surface area (Å²) in [6, 6.07) is 20.7. The molecule has 202 valence electrons. The Kier molecular flexibility index (Phi) is 6.92. The molecule has 0 aromatic heterocycles. The van der Waals surface area contributed by atoms with Crippen LogP contribution in [0.3, 0.4) is 0 Å². The van der Waals surface area contributed by atoms with Gasteiger partial charge < -0.3 is 10.6 Å². The van der Waals surface area contributed by atoms with Gasteiger partial charge in [-0.3, -0.25) is 18.9 Å². The Balaban J connectivity index is 1.42. The lowest BCUT2D eigenvalue weighted by atomic mass is 10.1. The molecule has 0 aliphatic carbocycles. The predicted octanol–water partition coefficient (Wildman–Crippen LogP) is 5.39. The average Bonchev–Trinajstić information content (AvgIpc) is 3.12. The number of nitrogens with one attached hydrogen (secondary N) is 2. The van der Waals surface area contributed by atoms with Crippen LogP contribution in [0.1, 0.15) is 21.5 Å². The third-order valence-corrected chi connectivity index (χ3v) is 7.75. The van der Waals surface area contributed by atoms with Crippen LogP contribution in [0.15, 0.2) is 94.5 Å². The zero-order valence-electron chi connectivity index (χ0n) is 21.2. The van der Waals surface area contributed by atoms with Crippen LogP contribution >= 0.6 is 11.6 Å². The highest BCUT2D eigenvalue weighted by atomic mass is 35.5. The number of hydrogen-bond donors (Lipinski definition) is 3. The number of hydrogen-bond acceptors (Lipinski definition) is 6. The van der Waals surface area contributed by atoms with Crippen molar-refractivity contribution < 1.29 is 27.4 Å². The van der Waals surface area contributed by atoms with Gasteiger partial charge in [-0.15, -0.1) is 0 Å². The Labute approximate surface area is 234 Å². The SMILES string of the molecule is Cc1ccc(N2C(=O)C(Cl)=C(Nc3cc(C(=O)Nc4cccc5c(S(=O)(=O)O)cccc45)ccc3C)C2=O)cc1. The average molecular weight is 576 g/mol. The van der Waals surface area contributed by atoms with Crippen molar-refractivity contribution in [3.05, 3.63) is 106 Å². The molecule has 5 rings (SSSR count). The van der Waals surface area contributed by atoms with Crippen LogP contribution in [0, 0.1) is 13.8 Å². The second-order valence-electron chi connectivity index (χ2n) is 9.21. The van der Waals surface area contributed by atoms with Crippen molar-refractivity contribution in [2.24, 2.45) is 0 Å². The molecular formula is C29H22ClN3O6S. The van der Waals surface area contributed by atoms with E-state index in [1.165, 1.54) is 24.3 Å². The fourth-order valence-electron chi connectivity index (χ4n) is 4.38. The molecule has 3 amide bonds. The molecule has 9 nitrogen and oxygen atoms in total. The molecule has 3 N–H and O–H groups in total. The van der Waals surface area contributed by atoms with Gasteiger partial charge in [0, 0.05) is 27.7 Å². The molecule has 0 unspecified atom stereocenters. The van der Waals surface area contributed by atoms with E-state index in [4.69, 9.17) is 11.6 Å². The molecule has 11 heteroatoms. The van der Waals surface area contributed by atoms with Crippen LogP contribution in [0.25, 0.3) is 10.8 Å². The number of benzene rings is 4. The van der Waals surface area contributed by atoms with Gasteiger partial charge >= 0.3 is 0 Å². The maximum absolute atomic E-state index is 13.2. The summed E-state index contributed by atoms with van der Waals surface area (Å²) in [6.45, 7) is 3.65. The molecule has 4 aromatic carbocycles. The fraction of sp³-hybridized carbons (Fsp3) is 0.0690. The van der Waals surface area contributed by atoms with Gasteiger partial charge in [0.2, 0.25) is 0 Å². The molecular weight excluding hydrogens is 554 g/mol. The Morgan fingerprint density at radius 3 is 2.23 bits per heavy atom. The summed E-state index contributed by atoms with van der Waals surface area (Å²) >= 11 is 6.28. The highest BCUT2D eigenvalue weighted by Crippen LogP contribution is 2.32. The first-order chi connectivity index (χ1) is 19.0. The van der Waals surface area contributed by atoms with Gasteiger partial charge in [0.1, 0.15) is 15.6 Å². The van der Waals surface area contributed by atoms with Crippen molar-refractivity contribution in [3.8, 4) is 0 Å². The maximum atomic E-state index is 13.2. The topological polar surface area (TPSA) is 133 Å². The zero-order chi connectivity index (χ0) is 28.8. The van der Waals surface area contributed by atoms with Gasteiger partial charge in [0.15, 0.2) is 0 Å². The third kappa shape index (κ3) is 4.95. The molecule has 1 heterocycles. The lowest BCUT2D eigenvalue weighted by molar-refractivity contribution is -0.120. The van der Waals surface area contributed by atoms with Gasteiger partial charge in [-0.1, -0.05) is 59.6 Å². The van der Waals surface area contributed by atoms with E-state index in [1.54, 1.807) is 61.5 Å². The standard InChI is InChI=1S/C29H22ClN3O6S/c1-16-9-13-19(14-10-16)33-28(35)25(30)26(29(33)36)31-23-15-18(12-11-17(23)2)27(34)32-22-7-3-6-21-20(22)5-4-8-24(21)40(37,38)39/h3-15,31H,1-2H3,(H,32,34)(H,37,38,39). The van der Waals surface area contributed by atoms with Gasteiger partial charge in [0.25, 0.3) is 27.8 Å². The number of halogens is 1. The monoisotopic (exact) mass is 575 g/mol. The Morgan fingerprint density at radius 1 is 0.850 bits per heavy atom. The summed E-state index contributed by atoms with van der Waals surface area (Å²) in [6.07, 6.45) is 0. The molecule has 4 aromatic rings. The Bertz CT molecular complexity index is 1870. The minimum Gasteiger partial charge on any atom is -0.349 e. The Morgan fingerprint density at radius 2 is 1.52 bits per heavy atom. The molecule has 1 aliphatic rings. The lowest BCUT2D eigenvalue weighted by Crippen LogP contribution is -2.32. The van der Waals surface area contributed by atoms with E-state index in [2.05, 4.69) is 10.6 Å². The largest absolute Gasteiger partial charge is 0.349 e. The summed E-state index contributed by atoms with van der Waals surface area (Å²) in [5.41, 5.74) is 2.87. The number of nitrogens with zero attached hydrogens (tertiary/aromatic N) is 1. The summed E-state index contributed by atoms with van der Waals surface area (Å²) in [7, 11) is -4.48. The second kappa shape index (κ2) is 10.2. The van der Waals surface area contributed by atoms with Crippen LogP contribution in [-0.4, -0.2) is 30.7 Å². The number of carbonyl (C=O) groups is 3. The van der Waals surface area contributed by atoms with Crippen LogP contribution in [0.4, 0.5) is 17.1 Å². The molecule has 0 radical (unpaired) electrons. The fourth-order valence-corrected chi connectivity index (χ4v) is 5.30. The van der Waals surface area contributed by atoms with E-state index in [1.807, 2.05) is 6.92 Å². The summed E-state index contributed by atoms with van der Waals surface area (Å²) in [5, 5.41) is 6.08. The van der Waals surface area contributed by atoms with Crippen molar-refractivity contribution in [2.75, 3.05) is 15.5 Å². The van der Waals surface area contributed by atoms with Crippen molar-refractivity contribution in [1.82, 2.24) is 0 Å². The highest BCUT2D eigenvalue weighted by Gasteiger charge is 2.39. The predicted molar refractivity (Wildman–Crippen MR) is 153 cm³/mol. The van der Waals surface area contributed by atoms with Crippen molar-refractivity contribution in [1.29, 1.82) is 0 Å². The maximum Gasteiger partial charge on any atom is 0.295 e. The van der Waals surface area contributed by atoms with Gasteiger partial charge in [0.05, 0.1) is 5.69 Å². The van der Waals surface area contributed by atoms with E-state index in [-0.39, 0.29) is 26.6 Å². The molecule has 0 spiro atoms. The van der Waals surface area contributed by atoms with E-state index in [0.717, 1.165) is 10.5 Å². The Hall–Kier alpha value is -4.51. The van der Waals surface area contributed by atoms with Crippen LogP contribution in [0.5, 0.6) is 0 Å². The van der Waals surface area contributed by atoms with Crippen LogP contribution in [-0.2, 0) is 19.7 Å². The summed E-state index contributed by atoms with van der Waals surface area (Å²) < 4.78 is 33.2. The molecule has 40 heavy (non-hydrogen) atoms. The first kappa shape index (κ1) is 27.1. The number of anilines is 3. The minimum atomic E-state index is -4.48.